The molecule has 0 aliphatic rings. The minimum absolute atomic E-state index is 0.0575. The molecule has 0 unspecified atom stereocenters. The average molecular weight is 205 g/mol. The summed E-state index contributed by atoms with van der Waals surface area (Å²) in [6, 6.07) is 7.60. The topological polar surface area (TPSA) is 46.2 Å². The van der Waals surface area contributed by atoms with Crippen molar-refractivity contribution in [2.45, 2.75) is 26.7 Å². The SMILES string of the molecule is CCc1ccccc1NC(=O)CC(C)=O. The number of Topliss-reactive ketones (excluding diaryl/α,β-unsaturated/α-hetero) is 1. The second kappa shape index (κ2) is 5.29. The van der Waals surface area contributed by atoms with Crippen molar-refractivity contribution in [2.75, 3.05) is 5.32 Å². The van der Waals surface area contributed by atoms with E-state index < -0.39 is 0 Å². The van der Waals surface area contributed by atoms with E-state index in [0.29, 0.717) is 0 Å². The summed E-state index contributed by atoms with van der Waals surface area (Å²) in [6.45, 7) is 3.43. The van der Waals surface area contributed by atoms with Gasteiger partial charge in [0.1, 0.15) is 5.78 Å². The van der Waals surface area contributed by atoms with Crippen molar-refractivity contribution in [1.29, 1.82) is 0 Å². The van der Waals surface area contributed by atoms with Gasteiger partial charge in [-0.2, -0.15) is 0 Å². The first-order valence-corrected chi connectivity index (χ1v) is 5.00. The van der Waals surface area contributed by atoms with E-state index in [1.165, 1.54) is 6.92 Å². The quantitative estimate of drug-likeness (QED) is 0.766. The largest absolute Gasteiger partial charge is 0.325 e. The first-order valence-electron chi connectivity index (χ1n) is 5.00. The van der Waals surface area contributed by atoms with Gasteiger partial charge in [-0.1, -0.05) is 25.1 Å². The first kappa shape index (κ1) is 11.4. The molecule has 0 radical (unpaired) electrons. The lowest BCUT2D eigenvalue weighted by molar-refractivity contribution is -0.124. The third-order valence-corrected chi connectivity index (χ3v) is 2.08. The van der Waals surface area contributed by atoms with E-state index in [4.69, 9.17) is 0 Å². The van der Waals surface area contributed by atoms with Gasteiger partial charge in [0.05, 0.1) is 6.42 Å². The summed E-state index contributed by atoms with van der Waals surface area (Å²) in [7, 11) is 0. The zero-order valence-electron chi connectivity index (χ0n) is 9.04. The number of rotatable bonds is 4. The Labute approximate surface area is 89.5 Å². The second-order valence-corrected chi connectivity index (χ2v) is 3.44. The third-order valence-electron chi connectivity index (χ3n) is 2.08. The van der Waals surface area contributed by atoms with Gasteiger partial charge < -0.3 is 5.32 Å². The number of aryl methyl sites for hydroxylation is 1. The summed E-state index contributed by atoms with van der Waals surface area (Å²) in [5, 5.41) is 2.73. The van der Waals surface area contributed by atoms with Crippen LogP contribution in [0, 0.1) is 0 Å². The van der Waals surface area contributed by atoms with Gasteiger partial charge >= 0.3 is 0 Å². The van der Waals surface area contributed by atoms with Gasteiger partial charge in [-0.3, -0.25) is 9.59 Å². The van der Waals surface area contributed by atoms with Gasteiger partial charge in [-0.05, 0) is 25.0 Å². The Balaban J connectivity index is 2.71. The van der Waals surface area contributed by atoms with Crippen LogP contribution in [-0.4, -0.2) is 11.7 Å². The molecule has 0 saturated carbocycles. The van der Waals surface area contributed by atoms with Crippen LogP contribution in [0.1, 0.15) is 25.8 Å². The van der Waals surface area contributed by atoms with Crippen LogP contribution in [0.4, 0.5) is 5.69 Å². The molecule has 3 heteroatoms. The normalized spacial score (nSPS) is 9.73. The molecule has 0 atom stereocenters. The summed E-state index contributed by atoms with van der Waals surface area (Å²) in [6.07, 6.45) is 0.800. The zero-order chi connectivity index (χ0) is 11.3. The lowest BCUT2D eigenvalue weighted by Crippen LogP contribution is -2.15. The third kappa shape index (κ3) is 3.54. The highest BCUT2D eigenvalue weighted by Crippen LogP contribution is 2.15. The number of hydrogen-bond donors (Lipinski definition) is 1. The number of hydrogen-bond acceptors (Lipinski definition) is 2. The van der Waals surface area contributed by atoms with Crippen LogP contribution in [0.25, 0.3) is 0 Å². The van der Waals surface area contributed by atoms with Crippen molar-refractivity contribution in [3.05, 3.63) is 29.8 Å². The molecule has 0 saturated heterocycles. The van der Waals surface area contributed by atoms with Gasteiger partial charge in [0.25, 0.3) is 0 Å². The number of benzene rings is 1. The molecule has 0 heterocycles. The summed E-state index contributed by atoms with van der Waals surface area (Å²) in [4.78, 5) is 22.1. The van der Waals surface area contributed by atoms with E-state index in [2.05, 4.69) is 5.32 Å². The fourth-order valence-electron chi connectivity index (χ4n) is 1.37. The molecular weight excluding hydrogens is 190 g/mol. The zero-order valence-corrected chi connectivity index (χ0v) is 9.04. The number of carbonyl (C=O) groups excluding carboxylic acids is 2. The maximum atomic E-state index is 11.4. The molecule has 0 aromatic heterocycles. The van der Waals surface area contributed by atoms with E-state index in [9.17, 15) is 9.59 Å². The molecule has 1 N–H and O–H groups in total. The predicted octanol–water partition coefficient (Wildman–Crippen LogP) is 2.17. The fraction of sp³-hybridized carbons (Fsp3) is 0.333. The molecule has 0 bridgehead atoms. The number of amides is 1. The lowest BCUT2D eigenvalue weighted by atomic mass is 10.1. The number of ketones is 1. The van der Waals surface area contributed by atoms with Gasteiger partial charge in [-0.15, -0.1) is 0 Å². The molecular formula is C12H15NO2. The minimum atomic E-state index is -0.247. The summed E-state index contributed by atoms with van der Waals surface area (Å²) < 4.78 is 0. The Morgan fingerprint density at radius 1 is 1.27 bits per heavy atom. The molecule has 1 aromatic carbocycles. The number of anilines is 1. The van der Waals surface area contributed by atoms with Crippen molar-refractivity contribution in [1.82, 2.24) is 0 Å². The molecule has 0 fully saturated rings. The Hall–Kier alpha value is -1.64. The van der Waals surface area contributed by atoms with Gasteiger partial charge in [0.2, 0.25) is 5.91 Å². The first-order chi connectivity index (χ1) is 7.13. The molecule has 1 aromatic rings. The van der Waals surface area contributed by atoms with Crippen molar-refractivity contribution >= 4 is 17.4 Å². The number of carbonyl (C=O) groups is 2. The van der Waals surface area contributed by atoms with Gasteiger partial charge in [0, 0.05) is 5.69 Å². The molecule has 80 valence electrons. The van der Waals surface area contributed by atoms with E-state index >= 15 is 0 Å². The number of para-hydroxylation sites is 1. The molecule has 0 aliphatic carbocycles. The Morgan fingerprint density at radius 2 is 1.93 bits per heavy atom. The minimum Gasteiger partial charge on any atom is -0.325 e. The Kier molecular flexibility index (Phi) is 4.03. The molecule has 15 heavy (non-hydrogen) atoms. The van der Waals surface area contributed by atoms with E-state index in [1.807, 2.05) is 31.2 Å². The van der Waals surface area contributed by atoms with Crippen LogP contribution >= 0.6 is 0 Å². The maximum absolute atomic E-state index is 11.4. The highest BCUT2D eigenvalue weighted by Gasteiger charge is 2.07. The van der Waals surface area contributed by atoms with Crippen LogP contribution in [0.15, 0.2) is 24.3 Å². The molecule has 1 amide bonds. The van der Waals surface area contributed by atoms with Crippen molar-refractivity contribution in [3.63, 3.8) is 0 Å². The van der Waals surface area contributed by atoms with Crippen LogP contribution in [-0.2, 0) is 16.0 Å². The second-order valence-electron chi connectivity index (χ2n) is 3.44. The maximum Gasteiger partial charge on any atom is 0.231 e. The lowest BCUT2D eigenvalue weighted by Gasteiger charge is -2.08. The van der Waals surface area contributed by atoms with Crippen LogP contribution in [0.2, 0.25) is 0 Å². The summed E-state index contributed by atoms with van der Waals surface area (Å²) >= 11 is 0. The van der Waals surface area contributed by atoms with E-state index in [1.54, 1.807) is 0 Å². The summed E-state index contributed by atoms with van der Waals surface area (Å²) in [5.74, 6) is -0.370. The number of nitrogens with one attached hydrogen (secondary N) is 1. The Morgan fingerprint density at radius 3 is 2.53 bits per heavy atom. The van der Waals surface area contributed by atoms with Crippen LogP contribution in [0.5, 0.6) is 0 Å². The van der Waals surface area contributed by atoms with E-state index in [-0.39, 0.29) is 18.1 Å². The van der Waals surface area contributed by atoms with Crippen molar-refractivity contribution in [2.24, 2.45) is 0 Å². The van der Waals surface area contributed by atoms with Crippen molar-refractivity contribution < 1.29 is 9.59 Å². The molecule has 0 spiro atoms. The van der Waals surface area contributed by atoms with Crippen LogP contribution in [0.3, 0.4) is 0 Å². The van der Waals surface area contributed by atoms with E-state index in [0.717, 1.165) is 17.7 Å². The monoisotopic (exact) mass is 205 g/mol. The highest BCUT2D eigenvalue weighted by atomic mass is 16.2. The predicted molar refractivity (Wildman–Crippen MR) is 59.7 cm³/mol. The smallest absolute Gasteiger partial charge is 0.231 e. The molecule has 1 rings (SSSR count). The average Bonchev–Trinajstić information content (AvgIpc) is 2.17. The van der Waals surface area contributed by atoms with Crippen molar-refractivity contribution in [3.8, 4) is 0 Å². The summed E-state index contributed by atoms with van der Waals surface area (Å²) in [5.41, 5.74) is 1.88. The highest BCUT2D eigenvalue weighted by molar-refractivity contribution is 6.03. The van der Waals surface area contributed by atoms with Gasteiger partial charge in [0.15, 0.2) is 0 Å². The van der Waals surface area contributed by atoms with Gasteiger partial charge in [-0.25, -0.2) is 0 Å². The fourth-order valence-corrected chi connectivity index (χ4v) is 1.37. The Bertz CT molecular complexity index is 372. The standard InChI is InChI=1S/C12H15NO2/c1-3-10-6-4-5-7-11(10)13-12(15)8-9(2)14/h4-7H,3,8H2,1-2H3,(H,13,15). The molecule has 3 nitrogen and oxygen atoms in total. The van der Waals surface area contributed by atoms with Crippen LogP contribution < -0.4 is 5.32 Å². The molecule has 0 aliphatic heterocycles.